The molecule has 4 aliphatic rings. The van der Waals surface area contributed by atoms with Crippen molar-refractivity contribution in [1.29, 1.82) is 0 Å². The van der Waals surface area contributed by atoms with E-state index in [1.54, 1.807) is 24.3 Å². The summed E-state index contributed by atoms with van der Waals surface area (Å²) in [5.41, 5.74) is 0.106. The molecular weight excluding hydrogens is 460 g/mol. The highest BCUT2D eigenvalue weighted by Gasteiger charge is 2.51. The van der Waals surface area contributed by atoms with Crippen molar-refractivity contribution in [2.24, 2.45) is 17.8 Å². The van der Waals surface area contributed by atoms with Crippen molar-refractivity contribution in [1.82, 2.24) is 20.2 Å². The number of amides is 3. The molecule has 0 saturated heterocycles. The molecule has 0 unspecified atom stereocenters. The molecule has 3 amide bonds. The number of rotatable bonds is 6. The number of hydrogen-bond acceptors (Lipinski definition) is 5. The molecule has 4 fully saturated rings. The first-order chi connectivity index (χ1) is 15.8. The number of nitrogens with zero attached hydrogens (tertiary/aromatic N) is 2. The molecule has 1 heterocycles. The lowest BCUT2D eigenvalue weighted by Gasteiger charge is -2.56. The van der Waals surface area contributed by atoms with Crippen molar-refractivity contribution in [3.63, 3.8) is 0 Å². The molecule has 1 aromatic carbocycles. The third-order valence-electron chi connectivity index (χ3n) is 7.20. The maximum atomic E-state index is 12.9. The molecule has 33 heavy (non-hydrogen) atoms. The molecule has 0 atom stereocenters. The van der Waals surface area contributed by atoms with E-state index in [0.29, 0.717) is 38.8 Å². The van der Waals surface area contributed by atoms with Crippen LogP contribution in [0.4, 0.5) is 4.79 Å². The largest absolute Gasteiger partial charge is 0.332 e. The molecule has 6 rings (SSSR count). The highest BCUT2D eigenvalue weighted by molar-refractivity contribution is 7.99. The average molecular weight is 487 g/mol. The number of allylic oxidation sites excluding steroid dienone is 1. The monoisotopic (exact) mass is 486 g/mol. The number of imide groups is 1. The van der Waals surface area contributed by atoms with Gasteiger partial charge in [0.1, 0.15) is 0 Å². The van der Waals surface area contributed by atoms with Gasteiger partial charge in [-0.1, -0.05) is 29.4 Å². The van der Waals surface area contributed by atoms with E-state index >= 15 is 0 Å². The summed E-state index contributed by atoms with van der Waals surface area (Å²) < 4.78 is 1.46. The summed E-state index contributed by atoms with van der Waals surface area (Å²) in [7, 11) is 0. The highest BCUT2D eigenvalue weighted by Crippen LogP contribution is 2.55. The number of benzene rings is 1. The minimum Gasteiger partial charge on any atom is -0.332 e. The normalized spacial score (nSPS) is 27.5. The van der Waals surface area contributed by atoms with Gasteiger partial charge in [-0.25, -0.2) is 9.78 Å². The Morgan fingerprint density at radius 2 is 1.88 bits per heavy atom. The van der Waals surface area contributed by atoms with Crippen molar-refractivity contribution in [2.75, 3.05) is 5.75 Å². The van der Waals surface area contributed by atoms with Crippen LogP contribution in [-0.2, 0) is 11.3 Å². The van der Waals surface area contributed by atoms with Crippen molar-refractivity contribution >= 4 is 46.2 Å². The lowest BCUT2D eigenvalue weighted by molar-refractivity contribution is -0.117. The van der Waals surface area contributed by atoms with Crippen LogP contribution < -0.4 is 16.2 Å². The fourth-order valence-electron chi connectivity index (χ4n) is 6.40. The van der Waals surface area contributed by atoms with Gasteiger partial charge in [0, 0.05) is 17.1 Å². The van der Waals surface area contributed by atoms with E-state index in [1.165, 1.54) is 23.8 Å². The molecular formula is C24H27ClN4O3S. The fraction of sp³-hybridized carbons (Fsp3) is 0.500. The molecule has 7 nitrogen and oxygen atoms in total. The lowest BCUT2D eigenvalue weighted by Crippen LogP contribution is -2.61. The maximum Gasteiger partial charge on any atom is 0.321 e. The summed E-state index contributed by atoms with van der Waals surface area (Å²) in [5, 5.41) is 6.88. The highest BCUT2D eigenvalue weighted by atomic mass is 35.5. The van der Waals surface area contributed by atoms with E-state index in [2.05, 4.69) is 22.2 Å². The second kappa shape index (κ2) is 8.80. The summed E-state index contributed by atoms with van der Waals surface area (Å²) in [4.78, 5) is 42.6. The van der Waals surface area contributed by atoms with Crippen molar-refractivity contribution in [3.05, 3.63) is 46.2 Å². The van der Waals surface area contributed by atoms with Crippen LogP contribution in [0.1, 0.15) is 38.5 Å². The Morgan fingerprint density at radius 1 is 1.21 bits per heavy atom. The van der Waals surface area contributed by atoms with Gasteiger partial charge in [0.05, 0.1) is 16.7 Å². The molecule has 0 radical (unpaired) electrons. The molecule has 0 aliphatic heterocycles. The van der Waals surface area contributed by atoms with E-state index in [4.69, 9.17) is 11.6 Å². The average Bonchev–Trinajstić information content (AvgIpc) is 2.73. The first kappa shape index (κ1) is 22.5. The molecule has 0 spiro atoms. The Labute approximate surface area is 201 Å². The maximum absolute atomic E-state index is 12.9. The summed E-state index contributed by atoms with van der Waals surface area (Å²) in [6.07, 6.45) is 8.53. The topological polar surface area (TPSA) is 93.1 Å². The Kier molecular flexibility index (Phi) is 5.99. The molecule has 9 heteroatoms. The summed E-state index contributed by atoms with van der Waals surface area (Å²) >= 11 is 7.15. The molecule has 2 N–H and O–H groups in total. The minimum atomic E-state index is -0.424. The Morgan fingerprint density at radius 3 is 2.52 bits per heavy atom. The number of thioether (sulfide) groups is 1. The molecule has 4 saturated carbocycles. The number of urea groups is 1. The first-order valence-electron chi connectivity index (χ1n) is 11.4. The third kappa shape index (κ3) is 4.55. The van der Waals surface area contributed by atoms with Gasteiger partial charge in [0.15, 0.2) is 5.16 Å². The van der Waals surface area contributed by atoms with Gasteiger partial charge in [-0.05, 0) is 74.5 Å². The van der Waals surface area contributed by atoms with E-state index in [9.17, 15) is 14.4 Å². The SMILES string of the molecule is C=CCn1c(SCC(=O)NC(=O)NC23CC4CC(CC(C4)C2)C3)nc2ccc(Cl)cc2c1=O. The van der Waals surface area contributed by atoms with Crippen LogP contribution in [0.3, 0.4) is 0 Å². The number of nitrogens with one attached hydrogen (secondary N) is 2. The lowest BCUT2D eigenvalue weighted by atomic mass is 9.53. The number of aromatic nitrogens is 2. The molecule has 4 bridgehead atoms. The Balaban J connectivity index is 1.24. The van der Waals surface area contributed by atoms with Crippen LogP contribution in [-0.4, -0.2) is 32.8 Å². The second-order valence-electron chi connectivity index (χ2n) is 9.75. The number of carbonyl (C=O) groups is 2. The number of hydrogen-bond donors (Lipinski definition) is 2. The van der Waals surface area contributed by atoms with E-state index < -0.39 is 11.9 Å². The van der Waals surface area contributed by atoms with Gasteiger partial charge in [-0.2, -0.15) is 0 Å². The molecule has 2 aromatic rings. The summed E-state index contributed by atoms with van der Waals surface area (Å²) in [6.45, 7) is 3.96. The molecule has 1 aromatic heterocycles. The number of carbonyl (C=O) groups excluding carboxylic acids is 2. The van der Waals surface area contributed by atoms with Crippen molar-refractivity contribution in [3.8, 4) is 0 Å². The van der Waals surface area contributed by atoms with Crippen LogP contribution in [0.25, 0.3) is 10.9 Å². The van der Waals surface area contributed by atoms with Crippen molar-refractivity contribution in [2.45, 2.75) is 55.8 Å². The quantitative estimate of drug-likeness (QED) is 0.364. The van der Waals surface area contributed by atoms with Crippen LogP contribution in [0.2, 0.25) is 5.02 Å². The number of fused-ring (bicyclic) bond motifs is 1. The van der Waals surface area contributed by atoms with Gasteiger partial charge < -0.3 is 5.32 Å². The Bertz CT molecular complexity index is 1160. The zero-order valence-corrected chi connectivity index (χ0v) is 19.9. The first-order valence-corrected chi connectivity index (χ1v) is 12.8. The fourth-order valence-corrected chi connectivity index (χ4v) is 7.38. The second-order valence-corrected chi connectivity index (χ2v) is 11.1. The number of halogens is 1. The third-order valence-corrected chi connectivity index (χ3v) is 8.41. The van der Waals surface area contributed by atoms with Crippen molar-refractivity contribution < 1.29 is 9.59 Å². The van der Waals surface area contributed by atoms with Crippen LogP contribution >= 0.6 is 23.4 Å². The Hall–Kier alpha value is -2.32. The van der Waals surface area contributed by atoms with Crippen LogP contribution in [0, 0.1) is 17.8 Å². The zero-order valence-electron chi connectivity index (χ0n) is 18.3. The van der Waals surface area contributed by atoms with Gasteiger partial charge in [0.2, 0.25) is 5.91 Å². The van der Waals surface area contributed by atoms with Gasteiger partial charge in [-0.3, -0.25) is 19.5 Å². The summed E-state index contributed by atoms with van der Waals surface area (Å²) in [5.74, 6) is 1.67. The molecule has 174 valence electrons. The van der Waals surface area contributed by atoms with Crippen LogP contribution in [0.15, 0.2) is 40.8 Å². The smallest absolute Gasteiger partial charge is 0.321 e. The summed E-state index contributed by atoms with van der Waals surface area (Å²) in [6, 6.07) is 4.51. The molecule has 4 aliphatic carbocycles. The van der Waals surface area contributed by atoms with Gasteiger partial charge in [-0.15, -0.1) is 6.58 Å². The van der Waals surface area contributed by atoms with E-state index in [-0.39, 0.29) is 23.4 Å². The zero-order chi connectivity index (χ0) is 23.2. The predicted molar refractivity (Wildman–Crippen MR) is 130 cm³/mol. The van der Waals surface area contributed by atoms with Gasteiger partial charge >= 0.3 is 6.03 Å². The van der Waals surface area contributed by atoms with E-state index in [1.807, 2.05) is 0 Å². The predicted octanol–water partition coefficient (Wildman–Crippen LogP) is 4.12. The van der Waals surface area contributed by atoms with Gasteiger partial charge in [0.25, 0.3) is 5.56 Å². The standard InChI is InChI=1S/C24H27ClN4O3S/c1-2-5-29-21(31)18-9-17(25)3-4-19(18)26-23(29)33-13-20(30)27-22(32)28-24-10-14-6-15(11-24)8-16(7-14)12-24/h2-4,9,14-16H,1,5-8,10-13H2,(H2,27,28,30,32). The van der Waals surface area contributed by atoms with Crippen LogP contribution in [0.5, 0.6) is 0 Å². The van der Waals surface area contributed by atoms with E-state index in [0.717, 1.165) is 31.0 Å². The minimum absolute atomic E-state index is 0.0308.